The molecule has 0 saturated carbocycles. The van der Waals surface area contributed by atoms with Gasteiger partial charge in [0.15, 0.2) is 5.84 Å². The average molecular weight is 366 g/mol. The van der Waals surface area contributed by atoms with E-state index in [1.807, 2.05) is 39.0 Å². The molecule has 2 heterocycles. The summed E-state index contributed by atoms with van der Waals surface area (Å²) in [4.78, 5) is 19.7. The highest BCUT2D eigenvalue weighted by Gasteiger charge is 2.29. The van der Waals surface area contributed by atoms with Crippen molar-refractivity contribution in [1.29, 1.82) is 0 Å². The number of hydrogen-bond donors (Lipinski definition) is 3. The topological polar surface area (TPSA) is 80.7 Å². The quantitative estimate of drug-likeness (QED) is 0.566. The molecule has 0 radical (unpaired) electrons. The molecular formula is C21H26N4O2. The average Bonchev–Trinajstić information content (AvgIpc) is 3.08. The summed E-state index contributed by atoms with van der Waals surface area (Å²) >= 11 is 0. The molecular weight excluding hydrogens is 340 g/mol. The van der Waals surface area contributed by atoms with Gasteiger partial charge in [-0.2, -0.15) is 5.06 Å². The second kappa shape index (κ2) is 9.00. The molecule has 142 valence electrons. The molecule has 0 bridgehead atoms. The third kappa shape index (κ3) is 4.35. The highest BCUT2D eigenvalue weighted by molar-refractivity contribution is 6.15. The Labute approximate surface area is 159 Å². The molecule has 1 aromatic heterocycles. The van der Waals surface area contributed by atoms with Gasteiger partial charge in [0, 0.05) is 29.4 Å². The van der Waals surface area contributed by atoms with E-state index >= 15 is 0 Å². The molecule has 0 spiro atoms. The van der Waals surface area contributed by atoms with E-state index in [-0.39, 0.29) is 5.84 Å². The molecule has 6 nitrogen and oxygen atoms in total. The fraction of sp³-hybridized carbons (Fsp3) is 0.238. The Morgan fingerprint density at radius 2 is 2.00 bits per heavy atom. The number of hydroxylamine groups is 2. The largest absolute Gasteiger partial charge is 0.379 e. The molecule has 3 rings (SSSR count). The molecule has 0 atom stereocenters. The van der Waals surface area contributed by atoms with Crippen molar-refractivity contribution in [2.45, 2.75) is 27.3 Å². The number of carbonyl (C=O) groups excluding carboxylic acids is 1. The number of aliphatic imine (C=N–C) groups is 1. The standard InChI is InChI=1S/C19H22N4O2.C2H4/c1-4-20-19-18(12(2)3)16(10-17(24)23(19)25)21-11-14-9-13-7-5-6-8-15(13)22-14;1-2/h5-10,21-22,25H,4,11H2,1-3H3;1-2H2. The van der Waals surface area contributed by atoms with Gasteiger partial charge in [0.05, 0.1) is 12.2 Å². The summed E-state index contributed by atoms with van der Waals surface area (Å²) in [5, 5.41) is 15.1. The number of fused-ring (bicyclic) bond motifs is 1. The third-order valence-electron chi connectivity index (χ3n) is 4.03. The molecule has 0 aliphatic carbocycles. The molecule has 27 heavy (non-hydrogen) atoms. The van der Waals surface area contributed by atoms with Crippen molar-refractivity contribution in [3.8, 4) is 0 Å². The Balaban J connectivity index is 0.00000126. The third-order valence-corrected chi connectivity index (χ3v) is 4.03. The summed E-state index contributed by atoms with van der Waals surface area (Å²) in [6.45, 7) is 12.7. The van der Waals surface area contributed by atoms with Crippen LogP contribution in [0.15, 0.2) is 71.4 Å². The number of rotatable bonds is 4. The maximum Gasteiger partial charge on any atom is 0.278 e. The minimum atomic E-state index is -0.503. The van der Waals surface area contributed by atoms with Gasteiger partial charge in [-0.15, -0.1) is 13.2 Å². The molecule has 3 N–H and O–H groups in total. The lowest BCUT2D eigenvalue weighted by Gasteiger charge is -2.27. The van der Waals surface area contributed by atoms with E-state index in [2.05, 4.69) is 40.6 Å². The van der Waals surface area contributed by atoms with Gasteiger partial charge < -0.3 is 10.3 Å². The van der Waals surface area contributed by atoms with Crippen LogP contribution in [-0.4, -0.2) is 33.5 Å². The van der Waals surface area contributed by atoms with Crippen molar-refractivity contribution in [1.82, 2.24) is 15.4 Å². The lowest BCUT2D eigenvalue weighted by molar-refractivity contribution is -0.143. The van der Waals surface area contributed by atoms with Crippen LogP contribution < -0.4 is 5.32 Å². The Morgan fingerprint density at radius 3 is 2.63 bits per heavy atom. The monoisotopic (exact) mass is 366 g/mol. The highest BCUT2D eigenvalue weighted by Crippen LogP contribution is 2.22. The first-order valence-electron chi connectivity index (χ1n) is 8.79. The summed E-state index contributed by atoms with van der Waals surface area (Å²) in [7, 11) is 0. The molecule has 1 aliphatic heterocycles. The minimum Gasteiger partial charge on any atom is -0.379 e. The van der Waals surface area contributed by atoms with Crippen LogP contribution in [0.5, 0.6) is 0 Å². The van der Waals surface area contributed by atoms with Gasteiger partial charge in [0.25, 0.3) is 5.91 Å². The summed E-state index contributed by atoms with van der Waals surface area (Å²) in [6.07, 6.45) is 1.40. The van der Waals surface area contributed by atoms with Crippen LogP contribution in [-0.2, 0) is 11.3 Å². The second-order valence-electron chi connectivity index (χ2n) is 6.12. The number of aromatic amines is 1. The number of nitrogens with zero attached hydrogens (tertiary/aromatic N) is 2. The number of amides is 1. The van der Waals surface area contributed by atoms with E-state index in [1.165, 1.54) is 6.08 Å². The van der Waals surface area contributed by atoms with E-state index in [1.54, 1.807) is 0 Å². The number of para-hydroxylation sites is 1. The Hall–Kier alpha value is -3.12. The molecule has 0 saturated heterocycles. The van der Waals surface area contributed by atoms with Crippen LogP contribution >= 0.6 is 0 Å². The molecule has 6 heteroatoms. The van der Waals surface area contributed by atoms with Crippen LogP contribution in [0.4, 0.5) is 0 Å². The fourth-order valence-corrected chi connectivity index (χ4v) is 2.93. The molecule has 0 unspecified atom stereocenters. The Morgan fingerprint density at radius 1 is 1.30 bits per heavy atom. The van der Waals surface area contributed by atoms with Crippen LogP contribution in [0.1, 0.15) is 26.5 Å². The predicted octanol–water partition coefficient (Wildman–Crippen LogP) is 3.93. The van der Waals surface area contributed by atoms with E-state index in [4.69, 9.17) is 0 Å². The SMILES string of the molecule is C=C.CCN=C1C(=C(C)C)C(NCc2cc3ccccc3[nH]2)=CC(=O)N1O. The van der Waals surface area contributed by atoms with E-state index in [9.17, 15) is 10.0 Å². The number of aromatic nitrogens is 1. The lowest BCUT2D eigenvalue weighted by Crippen LogP contribution is -2.41. The van der Waals surface area contributed by atoms with Gasteiger partial charge in [-0.25, -0.2) is 0 Å². The van der Waals surface area contributed by atoms with Crippen molar-refractivity contribution >= 4 is 22.6 Å². The van der Waals surface area contributed by atoms with Gasteiger partial charge in [-0.1, -0.05) is 23.8 Å². The van der Waals surface area contributed by atoms with Crippen molar-refractivity contribution in [3.63, 3.8) is 0 Å². The zero-order valence-corrected chi connectivity index (χ0v) is 16.0. The number of hydrogen-bond acceptors (Lipinski definition) is 4. The normalized spacial score (nSPS) is 15.5. The number of H-pyrrole nitrogens is 1. The summed E-state index contributed by atoms with van der Waals surface area (Å²) in [5.74, 6) is -0.217. The molecule has 1 aromatic carbocycles. The van der Waals surface area contributed by atoms with Crippen LogP contribution in [0.3, 0.4) is 0 Å². The first-order chi connectivity index (χ1) is 13.0. The van der Waals surface area contributed by atoms with E-state index in [0.29, 0.717) is 23.8 Å². The van der Waals surface area contributed by atoms with Crippen molar-refractivity contribution < 1.29 is 10.0 Å². The van der Waals surface area contributed by atoms with Gasteiger partial charge >= 0.3 is 0 Å². The first kappa shape index (κ1) is 20.2. The summed E-state index contributed by atoms with van der Waals surface area (Å²) < 4.78 is 0. The minimum absolute atomic E-state index is 0.286. The second-order valence-corrected chi connectivity index (χ2v) is 6.12. The summed E-state index contributed by atoms with van der Waals surface area (Å²) in [5.41, 5.74) is 4.48. The Kier molecular flexibility index (Phi) is 6.73. The zero-order chi connectivity index (χ0) is 20.0. The van der Waals surface area contributed by atoms with Crippen LogP contribution in [0.2, 0.25) is 0 Å². The van der Waals surface area contributed by atoms with E-state index < -0.39 is 5.91 Å². The lowest BCUT2D eigenvalue weighted by atomic mass is 10.0. The van der Waals surface area contributed by atoms with Gasteiger partial charge in [-0.3, -0.25) is 15.0 Å². The van der Waals surface area contributed by atoms with Crippen molar-refractivity contribution in [2.24, 2.45) is 4.99 Å². The number of benzene rings is 1. The van der Waals surface area contributed by atoms with Crippen molar-refractivity contribution in [2.75, 3.05) is 6.54 Å². The van der Waals surface area contributed by atoms with Crippen LogP contribution in [0, 0.1) is 0 Å². The summed E-state index contributed by atoms with van der Waals surface area (Å²) in [6, 6.07) is 10.1. The number of allylic oxidation sites excluding steroid dienone is 1. The van der Waals surface area contributed by atoms with Gasteiger partial charge in [0.2, 0.25) is 0 Å². The first-order valence-corrected chi connectivity index (χ1v) is 8.79. The maximum absolute atomic E-state index is 12.1. The van der Waals surface area contributed by atoms with Crippen LogP contribution in [0.25, 0.3) is 10.9 Å². The number of carbonyl (C=O) groups is 1. The van der Waals surface area contributed by atoms with E-state index in [0.717, 1.165) is 27.7 Å². The fourth-order valence-electron chi connectivity index (χ4n) is 2.93. The molecule has 1 amide bonds. The predicted molar refractivity (Wildman–Crippen MR) is 109 cm³/mol. The molecule has 1 aliphatic rings. The van der Waals surface area contributed by atoms with Gasteiger partial charge in [0.1, 0.15) is 0 Å². The van der Waals surface area contributed by atoms with Crippen molar-refractivity contribution in [3.05, 3.63) is 72.1 Å². The van der Waals surface area contributed by atoms with Gasteiger partial charge in [-0.05, 0) is 38.3 Å². The highest BCUT2D eigenvalue weighted by atomic mass is 16.5. The molecule has 0 fully saturated rings. The number of amidine groups is 1. The molecule has 2 aromatic rings. The Bertz CT molecular complexity index is 884. The zero-order valence-electron chi connectivity index (χ0n) is 16.0. The number of nitrogens with one attached hydrogen (secondary N) is 2. The smallest absolute Gasteiger partial charge is 0.278 e. The maximum atomic E-state index is 12.1.